The Bertz CT molecular complexity index is 800. The summed E-state index contributed by atoms with van der Waals surface area (Å²) in [6, 6.07) is 15.7. The van der Waals surface area contributed by atoms with E-state index in [1.54, 1.807) is 36.0 Å². The number of hydrogen-bond donors (Lipinski definition) is 2. The molecule has 0 radical (unpaired) electrons. The number of nitrogens with one attached hydrogen (secondary N) is 2. The fraction of sp³-hybridized carbons (Fsp3) is 0.333. The summed E-state index contributed by atoms with van der Waals surface area (Å²) in [6.07, 6.45) is 2.25. The quantitative estimate of drug-likeness (QED) is 0.712. The molecule has 1 aliphatic rings. The van der Waals surface area contributed by atoms with Crippen LogP contribution >= 0.6 is 11.8 Å². The van der Waals surface area contributed by atoms with Crippen LogP contribution < -0.4 is 20.1 Å². The summed E-state index contributed by atoms with van der Waals surface area (Å²) in [5, 5.41) is 5.72. The van der Waals surface area contributed by atoms with Crippen molar-refractivity contribution >= 4 is 23.6 Å². The first kappa shape index (κ1) is 20.1. The van der Waals surface area contributed by atoms with E-state index in [9.17, 15) is 9.59 Å². The van der Waals surface area contributed by atoms with E-state index >= 15 is 0 Å². The number of carbonyl (C=O) groups excluding carboxylic acids is 2. The molecule has 3 rings (SSSR count). The third-order valence-electron chi connectivity index (χ3n) is 4.34. The molecule has 0 saturated heterocycles. The summed E-state index contributed by atoms with van der Waals surface area (Å²) in [6.45, 7) is 0.674. The molecule has 2 atom stereocenters. The first-order chi connectivity index (χ1) is 13.7. The van der Waals surface area contributed by atoms with Gasteiger partial charge in [0.25, 0.3) is 5.91 Å². The third kappa shape index (κ3) is 5.42. The second-order valence-corrected chi connectivity index (χ2v) is 7.40. The molecule has 148 valence electrons. The van der Waals surface area contributed by atoms with Crippen molar-refractivity contribution in [2.24, 2.45) is 0 Å². The van der Waals surface area contributed by atoms with Crippen LogP contribution in [0.2, 0.25) is 0 Å². The van der Waals surface area contributed by atoms with E-state index in [1.165, 1.54) is 0 Å². The molecule has 2 aromatic rings. The minimum absolute atomic E-state index is 0.221. The number of hydrogen-bond acceptors (Lipinski definition) is 5. The second-order valence-electron chi connectivity index (χ2n) is 6.42. The van der Waals surface area contributed by atoms with Gasteiger partial charge in [-0.3, -0.25) is 9.59 Å². The van der Waals surface area contributed by atoms with Crippen molar-refractivity contribution in [2.45, 2.75) is 18.6 Å². The standard InChI is InChI=1S/C21H24N2O4S/c1-28-12-11-17(23-20(24)15-7-3-2-4-8-15)21(25)22-13-16-14-26-18-9-5-6-10-19(18)27-16/h2-10,16-17H,11-14H2,1H3,(H,22,25)(H,23,24)/t16-,17+/m0/s1. The zero-order chi connectivity index (χ0) is 19.8. The molecule has 6 nitrogen and oxygen atoms in total. The lowest BCUT2D eigenvalue weighted by Crippen LogP contribution is -2.50. The van der Waals surface area contributed by atoms with Gasteiger partial charge in [0, 0.05) is 5.56 Å². The molecule has 0 bridgehead atoms. The molecular weight excluding hydrogens is 376 g/mol. The molecule has 0 spiro atoms. The smallest absolute Gasteiger partial charge is 0.251 e. The number of benzene rings is 2. The maximum Gasteiger partial charge on any atom is 0.251 e. The van der Waals surface area contributed by atoms with Crippen LogP contribution in [0.15, 0.2) is 54.6 Å². The van der Waals surface area contributed by atoms with Gasteiger partial charge in [-0.05, 0) is 42.7 Å². The lowest BCUT2D eigenvalue weighted by molar-refractivity contribution is -0.123. The zero-order valence-corrected chi connectivity index (χ0v) is 16.5. The third-order valence-corrected chi connectivity index (χ3v) is 4.98. The molecule has 0 saturated carbocycles. The van der Waals surface area contributed by atoms with Gasteiger partial charge in [0.1, 0.15) is 18.8 Å². The van der Waals surface area contributed by atoms with Gasteiger partial charge in [0.15, 0.2) is 11.5 Å². The summed E-state index contributed by atoms with van der Waals surface area (Å²) in [4.78, 5) is 25.1. The van der Waals surface area contributed by atoms with Gasteiger partial charge in [-0.2, -0.15) is 11.8 Å². The average Bonchev–Trinajstić information content (AvgIpc) is 2.75. The molecule has 2 amide bonds. The van der Waals surface area contributed by atoms with Crippen LogP contribution in [-0.4, -0.2) is 49.1 Å². The molecule has 28 heavy (non-hydrogen) atoms. The number of fused-ring (bicyclic) bond motifs is 1. The van der Waals surface area contributed by atoms with E-state index in [0.717, 1.165) is 5.75 Å². The van der Waals surface area contributed by atoms with Crippen molar-refractivity contribution in [2.75, 3.05) is 25.2 Å². The Hall–Kier alpha value is -2.67. The van der Waals surface area contributed by atoms with Gasteiger partial charge >= 0.3 is 0 Å². The number of amides is 2. The van der Waals surface area contributed by atoms with Crippen LogP contribution in [0.1, 0.15) is 16.8 Å². The molecule has 0 unspecified atom stereocenters. The summed E-state index contributed by atoms with van der Waals surface area (Å²) >= 11 is 1.63. The molecule has 0 aliphatic carbocycles. The first-order valence-electron chi connectivity index (χ1n) is 9.18. The van der Waals surface area contributed by atoms with Crippen LogP contribution in [0.5, 0.6) is 11.5 Å². The van der Waals surface area contributed by atoms with E-state index in [2.05, 4.69) is 10.6 Å². The highest BCUT2D eigenvalue weighted by Crippen LogP contribution is 2.30. The molecular formula is C21H24N2O4S. The lowest BCUT2D eigenvalue weighted by Gasteiger charge is -2.27. The Morgan fingerprint density at radius 2 is 1.82 bits per heavy atom. The van der Waals surface area contributed by atoms with Crippen LogP contribution in [0.3, 0.4) is 0 Å². The predicted octanol–water partition coefficient (Wildman–Crippen LogP) is 2.49. The van der Waals surface area contributed by atoms with Crippen LogP contribution in [0, 0.1) is 0 Å². The largest absolute Gasteiger partial charge is 0.486 e. The zero-order valence-electron chi connectivity index (χ0n) is 15.7. The minimum Gasteiger partial charge on any atom is -0.486 e. The SMILES string of the molecule is CSCC[C@@H](NC(=O)c1ccccc1)C(=O)NC[C@H]1COc2ccccc2O1. The summed E-state index contributed by atoms with van der Waals surface area (Å²) in [5.74, 6) is 1.67. The second kappa shape index (κ2) is 10.0. The van der Waals surface area contributed by atoms with Gasteiger partial charge in [-0.15, -0.1) is 0 Å². The van der Waals surface area contributed by atoms with E-state index in [-0.39, 0.29) is 17.9 Å². The highest BCUT2D eigenvalue weighted by molar-refractivity contribution is 7.98. The first-order valence-corrected chi connectivity index (χ1v) is 10.6. The number of para-hydroxylation sites is 2. The van der Waals surface area contributed by atoms with Gasteiger partial charge < -0.3 is 20.1 Å². The summed E-state index contributed by atoms with van der Waals surface area (Å²) in [7, 11) is 0. The molecule has 1 heterocycles. The van der Waals surface area contributed by atoms with Gasteiger partial charge in [0.2, 0.25) is 5.91 Å². The normalized spacial score (nSPS) is 16.1. The Labute approximate surface area is 169 Å². The maximum atomic E-state index is 12.7. The monoisotopic (exact) mass is 400 g/mol. The number of ether oxygens (including phenoxy) is 2. The van der Waals surface area contributed by atoms with Crippen molar-refractivity contribution in [1.29, 1.82) is 0 Å². The van der Waals surface area contributed by atoms with Crippen molar-refractivity contribution in [3.63, 3.8) is 0 Å². The van der Waals surface area contributed by atoms with Crippen molar-refractivity contribution < 1.29 is 19.1 Å². The summed E-state index contributed by atoms with van der Waals surface area (Å²) < 4.78 is 11.5. The highest BCUT2D eigenvalue weighted by Gasteiger charge is 2.25. The number of carbonyl (C=O) groups is 2. The maximum absolute atomic E-state index is 12.7. The lowest BCUT2D eigenvalue weighted by atomic mass is 10.1. The summed E-state index contributed by atoms with van der Waals surface area (Å²) in [5.41, 5.74) is 0.532. The van der Waals surface area contributed by atoms with Crippen molar-refractivity contribution in [1.82, 2.24) is 10.6 Å². The Balaban J connectivity index is 1.55. The fourth-order valence-electron chi connectivity index (χ4n) is 2.84. The Morgan fingerprint density at radius 3 is 2.57 bits per heavy atom. The van der Waals surface area contributed by atoms with Crippen LogP contribution in [0.25, 0.3) is 0 Å². The van der Waals surface area contributed by atoms with Gasteiger partial charge in [-0.1, -0.05) is 30.3 Å². The topological polar surface area (TPSA) is 76.7 Å². The fourth-order valence-corrected chi connectivity index (χ4v) is 3.31. The number of thioether (sulfide) groups is 1. The Morgan fingerprint density at radius 1 is 1.11 bits per heavy atom. The molecule has 7 heteroatoms. The molecule has 2 aromatic carbocycles. The average molecular weight is 401 g/mol. The predicted molar refractivity (Wildman–Crippen MR) is 110 cm³/mol. The van der Waals surface area contributed by atoms with Crippen molar-refractivity contribution in [3.8, 4) is 11.5 Å². The Kier molecular flexibility index (Phi) is 7.19. The highest BCUT2D eigenvalue weighted by atomic mass is 32.2. The van der Waals surface area contributed by atoms with E-state index < -0.39 is 6.04 Å². The number of rotatable bonds is 8. The van der Waals surface area contributed by atoms with Gasteiger partial charge in [0.05, 0.1) is 6.54 Å². The van der Waals surface area contributed by atoms with E-state index in [1.807, 2.05) is 36.6 Å². The van der Waals surface area contributed by atoms with E-state index in [4.69, 9.17) is 9.47 Å². The molecule has 0 fully saturated rings. The van der Waals surface area contributed by atoms with Crippen LogP contribution in [-0.2, 0) is 4.79 Å². The minimum atomic E-state index is -0.600. The molecule has 1 aliphatic heterocycles. The van der Waals surface area contributed by atoms with Gasteiger partial charge in [-0.25, -0.2) is 0 Å². The van der Waals surface area contributed by atoms with Crippen LogP contribution in [0.4, 0.5) is 0 Å². The van der Waals surface area contributed by atoms with E-state index in [0.29, 0.717) is 36.6 Å². The molecule has 2 N–H and O–H groups in total. The van der Waals surface area contributed by atoms with Crippen molar-refractivity contribution in [3.05, 3.63) is 60.2 Å². The molecule has 0 aromatic heterocycles.